The lowest BCUT2D eigenvalue weighted by atomic mass is 9.92. The molecule has 0 aliphatic carbocycles. The van der Waals surface area contributed by atoms with Gasteiger partial charge in [0.2, 0.25) is 5.82 Å². The Hall–Kier alpha value is -1.70. The fraction of sp³-hybridized carbons (Fsp3) is 0.333. The minimum Gasteiger partial charge on any atom is -0.317 e. The number of alkyl halides is 2. The SMILES string of the molecule is CC(N)(c1c(F)ccc([N+](=O)[O-])c1F)C(F)F. The smallest absolute Gasteiger partial charge is 0.305 e. The first kappa shape index (κ1) is 13.4. The minimum absolute atomic E-state index is 0.532. The molecule has 4 nitrogen and oxygen atoms in total. The van der Waals surface area contributed by atoms with Gasteiger partial charge in [0, 0.05) is 6.07 Å². The summed E-state index contributed by atoms with van der Waals surface area (Å²) in [5, 5.41) is 10.4. The number of hydrogen-bond acceptors (Lipinski definition) is 3. The number of benzene rings is 1. The second kappa shape index (κ2) is 4.28. The van der Waals surface area contributed by atoms with Crippen molar-refractivity contribution in [1.29, 1.82) is 0 Å². The van der Waals surface area contributed by atoms with Crippen molar-refractivity contribution in [1.82, 2.24) is 0 Å². The van der Waals surface area contributed by atoms with Crippen molar-refractivity contribution in [2.45, 2.75) is 18.9 Å². The maximum absolute atomic E-state index is 13.5. The molecule has 0 bridgehead atoms. The zero-order valence-corrected chi connectivity index (χ0v) is 8.58. The van der Waals surface area contributed by atoms with E-state index >= 15 is 0 Å². The predicted octanol–water partition coefficient (Wildman–Crippen LogP) is 2.31. The Labute approximate surface area is 93.2 Å². The van der Waals surface area contributed by atoms with Gasteiger partial charge in [-0.05, 0) is 13.0 Å². The van der Waals surface area contributed by atoms with Gasteiger partial charge in [0.05, 0.1) is 10.5 Å². The van der Waals surface area contributed by atoms with E-state index in [0.717, 1.165) is 0 Å². The first-order valence-electron chi connectivity index (χ1n) is 4.39. The maximum Gasteiger partial charge on any atom is 0.305 e. The molecule has 1 atom stereocenters. The lowest BCUT2D eigenvalue weighted by molar-refractivity contribution is -0.387. The third-order valence-electron chi connectivity index (χ3n) is 2.26. The van der Waals surface area contributed by atoms with Crippen molar-refractivity contribution in [2.75, 3.05) is 0 Å². The highest BCUT2D eigenvalue weighted by molar-refractivity contribution is 5.41. The van der Waals surface area contributed by atoms with Crippen molar-refractivity contribution in [3.63, 3.8) is 0 Å². The number of nitro benzene ring substituents is 1. The number of nitro groups is 1. The Morgan fingerprint density at radius 3 is 2.35 bits per heavy atom. The van der Waals surface area contributed by atoms with Crippen molar-refractivity contribution in [2.24, 2.45) is 5.73 Å². The standard InChI is InChI=1S/C9H8F4N2O2/c1-9(14,8(12)13)6-4(10)2-3-5(7(6)11)15(16)17/h2-3,8H,14H2,1H3. The molecule has 0 amide bonds. The molecule has 1 unspecified atom stereocenters. The van der Waals surface area contributed by atoms with Gasteiger partial charge in [-0.2, -0.15) is 4.39 Å². The van der Waals surface area contributed by atoms with Crippen molar-refractivity contribution >= 4 is 5.69 Å². The van der Waals surface area contributed by atoms with E-state index < -0.39 is 39.8 Å². The molecule has 1 aromatic carbocycles. The highest BCUT2D eigenvalue weighted by atomic mass is 19.3. The summed E-state index contributed by atoms with van der Waals surface area (Å²) < 4.78 is 51.9. The second-order valence-corrected chi connectivity index (χ2v) is 3.60. The largest absolute Gasteiger partial charge is 0.317 e. The summed E-state index contributed by atoms with van der Waals surface area (Å²) in [5.41, 5.74) is 0.169. The van der Waals surface area contributed by atoms with Crippen molar-refractivity contribution in [3.05, 3.63) is 39.4 Å². The van der Waals surface area contributed by atoms with Crippen molar-refractivity contribution in [3.8, 4) is 0 Å². The van der Waals surface area contributed by atoms with Crippen LogP contribution in [0.3, 0.4) is 0 Å². The molecule has 17 heavy (non-hydrogen) atoms. The van der Waals surface area contributed by atoms with Crippen LogP contribution in [0.5, 0.6) is 0 Å². The summed E-state index contributed by atoms with van der Waals surface area (Å²) in [4.78, 5) is 9.26. The highest BCUT2D eigenvalue weighted by Crippen LogP contribution is 2.33. The number of nitrogens with zero attached hydrogens (tertiary/aromatic N) is 1. The highest BCUT2D eigenvalue weighted by Gasteiger charge is 2.40. The van der Waals surface area contributed by atoms with Gasteiger partial charge in [-0.25, -0.2) is 13.2 Å². The summed E-state index contributed by atoms with van der Waals surface area (Å²) in [6.07, 6.45) is -3.27. The minimum atomic E-state index is -3.27. The number of halogens is 4. The lowest BCUT2D eigenvalue weighted by Crippen LogP contribution is -2.42. The molecule has 0 saturated carbocycles. The monoisotopic (exact) mass is 252 g/mol. The Kier molecular flexibility index (Phi) is 3.37. The summed E-state index contributed by atoms with van der Waals surface area (Å²) in [6, 6.07) is 1.08. The van der Waals surface area contributed by atoms with Crippen LogP contribution in [0, 0.1) is 21.7 Å². The van der Waals surface area contributed by atoms with Gasteiger partial charge in [-0.3, -0.25) is 10.1 Å². The molecule has 94 valence electrons. The Bertz CT molecular complexity index is 463. The van der Waals surface area contributed by atoms with Crippen LogP contribution >= 0.6 is 0 Å². The van der Waals surface area contributed by atoms with E-state index in [9.17, 15) is 27.7 Å². The molecule has 0 fully saturated rings. The summed E-state index contributed by atoms with van der Waals surface area (Å²) in [6.45, 7) is 0.697. The predicted molar refractivity (Wildman–Crippen MR) is 50.6 cm³/mol. The van der Waals surface area contributed by atoms with E-state index in [-0.39, 0.29) is 0 Å². The fourth-order valence-electron chi connectivity index (χ4n) is 1.29. The van der Waals surface area contributed by atoms with Gasteiger partial charge in [-0.15, -0.1) is 0 Å². The van der Waals surface area contributed by atoms with E-state index in [1.54, 1.807) is 0 Å². The first-order chi connectivity index (χ1) is 7.69. The van der Waals surface area contributed by atoms with Crippen LogP contribution in [-0.2, 0) is 5.54 Å². The molecule has 2 N–H and O–H groups in total. The average Bonchev–Trinajstić information content (AvgIpc) is 2.16. The molecule has 1 aromatic rings. The van der Waals surface area contributed by atoms with Gasteiger partial charge in [0.1, 0.15) is 11.4 Å². The summed E-state index contributed by atoms with van der Waals surface area (Å²) >= 11 is 0. The van der Waals surface area contributed by atoms with E-state index in [1.165, 1.54) is 0 Å². The van der Waals surface area contributed by atoms with E-state index in [0.29, 0.717) is 19.1 Å². The number of rotatable bonds is 3. The molecular formula is C9H8F4N2O2. The van der Waals surface area contributed by atoms with Gasteiger partial charge in [0.25, 0.3) is 6.43 Å². The first-order valence-corrected chi connectivity index (χ1v) is 4.39. The molecule has 0 spiro atoms. The third kappa shape index (κ3) is 2.21. The van der Waals surface area contributed by atoms with E-state index in [2.05, 4.69) is 0 Å². The Morgan fingerprint density at radius 2 is 1.94 bits per heavy atom. The van der Waals surface area contributed by atoms with E-state index in [1.807, 2.05) is 0 Å². The zero-order chi connectivity index (χ0) is 13.4. The molecule has 0 saturated heterocycles. The lowest BCUT2D eigenvalue weighted by Gasteiger charge is -2.24. The topological polar surface area (TPSA) is 69.2 Å². The normalized spacial score (nSPS) is 14.8. The molecule has 1 rings (SSSR count). The molecule has 0 radical (unpaired) electrons. The van der Waals surface area contributed by atoms with Crippen LogP contribution in [0.4, 0.5) is 23.2 Å². The van der Waals surface area contributed by atoms with Crippen molar-refractivity contribution < 1.29 is 22.5 Å². The molecule has 8 heteroatoms. The molecule has 0 aromatic heterocycles. The van der Waals surface area contributed by atoms with Crippen LogP contribution in [-0.4, -0.2) is 11.3 Å². The Balaban J connectivity index is 3.53. The van der Waals surface area contributed by atoms with Crippen LogP contribution in [0.1, 0.15) is 12.5 Å². The summed E-state index contributed by atoms with van der Waals surface area (Å²) in [7, 11) is 0. The van der Waals surface area contributed by atoms with Gasteiger partial charge < -0.3 is 5.73 Å². The van der Waals surface area contributed by atoms with E-state index in [4.69, 9.17) is 5.73 Å². The van der Waals surface area contributed by atoms with Gasteiger partial charge in [-0.1, -0.05) is 0 Å². The maximum atomic E-state index is 13.5. The fourth-order valence-corrected chi connectivity index (χ4v) is 1.29. The van der Waals surface area contributed by atoms with Gasteiger partial charge in [0.15, 0.2) is 0 Å². The third-order valence-corrected chi connectivity index (χ3v) is 2.26. The molecule has 0 aliphatic heterocycles. The van der Waals surface area contributed by atoms with Gasteiger partial charge >= 0.3 is 5.69 Å². The number of nitrogens with two attached hydrogens (primary N) is 1. The van der Waals surface area contributed by atoms with Crippen LogP contribution in [0.2, 0.25) is 0 Å². The molecule has 0 heterocycles. The summed E-state index contributed by atoms with van der Waals surface area (Å²) in [5.74, 6) is -3.03. The van der Waals surface area contributed by atoms with Crippen LogP contribution in [0.25, 0.3) is 0 Å². The Morgan fingerprint density at radius 1 is 1.41 bits per heavy atom. The van der Waals surface area contributed by atoms with Crippen LogP contribution < -0.4 is 5.73 Å². The average molecular weight is 252 g/mol. The van der Waals surface area contributed by atoms with Crippen LogP contribution in [0.15, 0.2) is 12.1 Å². The number of hydrogen-bond donors (Lipinski definition) is 1. The second-order valence-electron chi connectivity index (χ2n) is 3.60. The molecule has 0 aliphatic rings. The molecular weight excluding hydrogens is 244 g/mol. The zero-order valence-electron chi connectivity index (χ0n) is 8.58. The quantitative estimate of drug-likeness (QED) is 0.509.